The molecule has 0 bridgehead atoms. The van der Waals surface area contributed by atoms with Gasteiger partial charge in [0.05, 0.1) is 10.6 Å². The van der Waals surface area contributed by atoms with Crippen molar-refractivity contribution >= 4 is 21.7 Å². The zero-order chi connectivity index (χ0) is 17.0. The van der Waals surface area contributed by atoms with E-state index in [1.807, 2.05) is 19.9 Å². The predicted octanol–water partition coefficient (Wildman–Crippen LogP) is 3.12. The summed E-state index contributed by atoms with van der Waals surface area (Å²) in [5, 5.41) is 8.67. The number of nitrogens with one attached hydrogen (secondary N) is 1. The average molecular weight is 333 g/mol. The first-order valence-corrected chi connectivity index (χ1v) is 8.67. The maximum atomic E-state index is 12.4. The minimum Gasteiger partial charge on any atom is -0.481 e. The zero-order valence-electron chi connectivity index (χ0n) is 13.0. The Labute approximate surface area is 136 Å². The number of carboxylic acid groups (broad SMARTS) is 1. The molecule has 122 valence electrons. The Hall–Kier alpha value is -2.34. The second-order valence-corrected chi connectivity index (χ2v) is 7.07. The van der Waals surface area contributed by atoms with E-state index in [0.717, 1.165) is 16.7 Å². The summed E-state index contributed by atoms with van der Waals surface area (Å²) in [6.45, 7) is 3.78. The second kappa shape index (κ2) is 6.83. The van der Waals surface area contributed by atoms with E-state index in [2.05, 4.69) is 4.72 Å². The number of carboxylic acids is 1. The number of hydrogen-bond acceptors (Lipinski definition) is 3. The van der Waals surface area contributed by atoms with Gasteiger partial charge in [-0.25, -0.2) is 8.42 Å². The fourth-order valence-corrected chi connectivity index (χ4v) is 3.27. The summed E-state index contributed by atoms with van der Waals surface area (Å²) in [6.07, 6.45) is 0.396. The standard InChI is InChI=1S/C17H19NO4S/c1-12-4-3-5-16(13(12)2)18-23(21,22)15-9-6-14(7-10-15)8-11-17(19)20/h3-7,9-10,18H,8,11H2,1-2H3,(H,19,20). The number of anilines is 1. The summed E-state index contributed by atoms with van der Waals surface area (Å²) in [4.78, 5) is 10.7. The number of aryl methyl sites for hydroxylation is 2. The molecule has 0 aliphatic heterocycles. The molecule has 0 amide bonds. The molecule has 5 nitrogen and oxygen atoms in total. The van der Waals surface area contributed by atoms with Gasteiger partial charge in [0, 0.05) is 6.42 Å². The van der Waals surface area contributed by atoms with Gasteiger partial charge in [-0.15, -0.1) is 0 Å². The van der Waals surface area contributed by atoms with E-state index in [4.69, 9.17) is 5.11 Å². The first-order valence-electron chi connectivity index (χ1n) is 7.19. The number of sulfonamides is 1. The highest BCUT2D eigenvalue weighted by atomic mass is 32.2. The number of aliphatic carboxylic acids is 1. The van der Waals surface area contributed by atoms with Crippen molar-refractivity contribution in [3.05, 3.63) is 59.2 Å². The Morgan fingerprint density at radius 2 is 1.74 bits per heavy atom. The molecule has 2 aromatic rings. The van der Waals surface area contributed by atoms with Gasteiger partial charge in [-0.2, -0.15) is 0 Å². The molecular formula is C17H19NO4S. The largest absolute Gasteiger partial charge is 0.481 e. The van der Waals surface area contributed by atoms with Crippen LogP contribution in [0.1, 0.15) is 23.1 Å². The molecule has 0 spiro atoms. The maximum Gasteiger partial charge on any atom is 0.303 e. The van der Waals surface area contributed by atoms with Crippen LogP contribution in [0.25, 0.3) is 0 Å². The lowest BCUT2D eigenvalue weighted by atomic mass is 10.1. The van der Waals surface area contributed by atoms with Crippen LogP contribution in [-0.4, -0.2) is 19.5 Å². The van der Waals surface area contributed by atoms with Crippen molar-refractivity contribution in [3.63, 3.8) is 0 Å². The molecule has 0 heterocycles. The van der Waals surface area contributed by atoms with Crippen LogP contribution in [0, 0.1) is 13.8 Å². The Morgan fingerprint density at radius 3 is 2.35 bits per heavy atom. The van der Waals surface area contributed by atoms with E-state index in [1.165, 1.54) is 12.1 Å². The fraction of sp³-hybridized carbons (Fsp3) is 0.235. The van der Waals surface area contributed by atoms with Crippen LogP contribution >= 0.6 is 0 Å². The van der Waals surface area contributed by atoms with Gasteiger partial charge in [-0.1, -0.05) is 24.3 Å². The Balaban J connectivity index is 2.19. The zero-order valence-corrected chi connectivity index (χ0v) is 13.9. The van der Waals surface area contributed by atoms with Crippen LogP contribution in [0.3, 0.4) is 0 Å². The van der Waals surface area contributed by atoms with Gasteiger partial charge in [0.25, 0.3) is 10.0 Å². The summed E-state index contributed by atoms with van der Waals surface area (Å²) >= 11 is 0. The molecule has 0 saturated heterocycles. The first-order chi connectivity index (χ1) is 10.8. The predicted molar refractivity (Wildman–Crippen MR) is 89.1 cm³/mol. The molecule has 2 N–H and O–H groups in total. The third-order valence-corrected chi connectivity index (χ3v) is 5.09. The monoisotopic (exact) mass is 333 g/mol. The number of benzene rings is 2. The lowest BCUT2D eigenvalue weighted by Gasteiger charge is -2.12. The smallest absolute Gasteiger partial charge is 0.303 e. The molecule has 6 heteroatoms. The third kappa shape index (κ3) is 4.32. The van der Waals surface area contributed by atoms with Gasteiger partial charge in [0.15, 0.2) is 0 Å². The highest BCUT2D eigenvalue weighted by Crippen LogP contribution is 2.22. The van der Waals surface area contributed by atoms with E-state index < -0.39 is 16.0 Å². The fourth-order valence-electron chi connectivity index (χ4n) is 2.15. The number of rotatable bonds is 6. The van der Waals surface area contributed by atoms with Gasteiger partial charge >= 0.3 is 5.97 Å². The van der Waals surface area contributed by atoms with Gasteiger partial charge in [0.2, 0.25) is 0 Å². The van der Waals surface area contributed by atoms with Gasteiger partial charge in [-0.05, 0) is 55.2 Å². The molecule has 0 saturated carbocycles. The Bertz CT molecular complexity index is 811. The van der Waals surface area contributed by atoms with Crippen LogP contribution in [0.2, 0.25) is 0 Å². The van der Waals surface area contributed by atoms with E-state index >= 15 is 0 Å². The Morgan fingerprint density at radius 1 is 1.09 bits per heavy atom. The van der Waals surface area contributed by atoms with E-state index in [-0.39, 0.29) is 11.3 Å². The van der Waals surface area contributed by atoms with Gasteiger partial charge in [-0.3, -0.25) is 9.52 Å². The van der Waals surface area contributed by atoms with Crippen molar-refractivity contribution in [3.8, 4) is 0 Å². The lowest BCUT2D eigenvalue weighted by Crippen LogP contribution is -2.14. The molecule has 0 atom stereocenters. The SMILES string of the molecule is Cc1cccc(NS(=O)(=O)c2ccc(CCC(=O)O)cc2)c1C. The van der Waals surface area contributed by atoms with Crippen molar-refractivity contribution in [1.82, 2.24) is 0 Å². The molecule has 0 unspecified atom stereocenters. The Kier molecular flexibility index (Phi) is 5.05. The minimum atomic E-state index is -3.67. The van der Waals surface area contributed by atoms with Gasteiger partial charge < -0.3 is 5.11 Å². The topological polar surface area (TPSA) is 83.5 Å². The first kappa shape index (κ1) is 17.0. The van der Waals surface area contributed by atoms with Crippen molar-refractivity contribution in [2.75, 3.05) is 4.72 Å². The molecule has 0 aromatic heterocycles. The molecule has 2 aromatic carbocycles. The van der Waals surface area contributed by atoms with Crippen molar-refractivity contribution < 1.29 is 18.3 Å². The second-order valence-electron chi connectivity index (χ2n) is 5.39. The van der Waals surface area contributed by atoms with Crippen LogP contribution in [0.5, 0.6) is 0 Å². The quantitative estimate of drug-likeness (QED) is 0.851. The molecule has 23 heavy (non-hydrogen) atoms. The molecule has 0 fully saturated rings. The number of hydrogen-bond donors (Lipinski definition) is 2. The molecule has 0 radical (unpaired) electrons. The average Bonchev–Trinajstić information content (AvgIpc) is 2.50. The van der Waals surface area contributed by atoms with Crippen LogP contribution < -0.4 is 4.72 Å². The minimum absolute atomic E-state index is 0.0207. The summed E-state index contributed by atoms with van der Waals surface area (Å²) in [5.74, 6) is -0.877. The van der Waals surface area contributed by atoms with Crippen molar-refractivity contribution in [2.45, 2.75) is 31.6 Å². The molecule has 0 aliphatic carbocycles. The van der Waals surface area contributed by atoms with E-state index in [1.54, 1.807) is 24.3 Å². The summed E-state index contributed by atoms with van der Waals surface area (Å²) in [6, 6.07) is 11.7. The van der Waals surface area contributed by atoms with Crippen LogP contribution in [-0.2, 0) is 21.2 Å². The highest BCUT2D eigenvalue weighted by Gasteiger charge is 2.15. The maximum absolute atomic E-state index is 12.4. The number of carbonyl (C=O) groups is 1. The van der Waals surface area contributed by atoms with Crippen LogP contribution in [0.15, 0.2) is 47.4 Å². The molecule has 2 rings (SSSR count). The van der Waals surface area contributed by atoms with Crippen molar-refractivity contribution in [2.24, 2.45) is 0 Å². The van der Waals surface area contributed by atoms with E-state index in [0.29, 0.717) is 12.1 Å². The van der Waals surface area contributed by atoms with Crippen molar-refractivity contribution in [1.29, 1.82) is 0 Å². The molecule has 0 aliphatic rings. The summed E-state index contributed by atoms with van der Waals surface area (Å²) < 4.78 is 27.5. The summed E-state index contributed by atoms with van der Waals surface area (Å²) in [5.41, 5.74) is 3.24. The molecular weight excluding hydrogens is 314 g/mol. The van der Waals surface area contributed by atoms with E-state index in [9.17, 15) is 13.2 Å². The summed E-state index contributed by atoms with van der Waals surface area (Å²) in [7, 11) is -3.67. The van der Waals surface area contributed by atoms with Crippen LogP contribution in [0.4, 0.5) is 5.69 Å². The lowest BCUT2D eigenvalue weighted by molar-refractivity contribution is -0.136. The third-order valence-electron chi connectivity index (χ3n) is 3.71. The van der Waals surface area contributed by atoms with Gasteiger partial charge in [0.1, 0.15) is 0 Å². The normalized spacial score (nSPS) is 11.2. The highest BCUT2D eigenvalue weighted by molar-refractivity contribution is 7.92.